The number of benzene rings is 1. The number of piperidine rings is 1. The van der Waals surface area contributed by atoms with E-state index in [1.54, 1.807) is 0 Å². The molecule has 0 spiro atoms. The highest BCUT2D eigenvalue weighted by molar-refractivity contribution is 5.72. The third kappa shape index (κ3) is 3.89. The summed E-state index contributed by atoms with van der Waals surface area (Å²) in [6, 6.07) is 4.88. The van der Waals surface area contributed by atoms with E-state index in [0.717, 1.165) is 25.5 Å². The molecule has 3 N–H and O–H groups in total. The number of alkyl halides is 3. The molecule has 2 aromatic rings. The van der Waals surface area contributed by atoms with Gasteiger partial charge in [0.15, 0.2) is 0 Å². The third-order valence-corrected chi connectivity index (χ3v) is 4.17. The minimum atomic E-state index is -4.65. The normalized spacial score (nSPS) is 17.5. The van der Waals surface area contributed by atoms with E-state index in [-0.39, 0.29) is 23.2 Å². The van der Waals surface area contributed by atoms with Crippen LogP contribution in [0.2, 0.25) is 0 Å². The van der Waals surface area contributed by atoms with Crippen molar-refractivity contribution in [3.05, 3.63) is 35.4 Å². The molecule has 1 aliphatic heterocycles. The second-order valence-corrected chi connectivity index (χ2v) is 6.05. The molecule has 0 bridgehead atoms. The first kappa shape index (κ1) is 18.0. The van der Waals surface area contributed by atoms with Crippen molar-refractivity contribution in [3.63, 3.8) is 0 Å². The van der Waals surface area contributed by atoms with E-state index in [2.05, 4.69) is 26.8 Å². The summed E-state index contributed by atoms with van der Waals surface area (Å²) in [4.78, 5) is 0. The van der Waals surface area contributed by atoms with Crippen LogP contribution in [0.3, 0.4) is 0 Å². The van der Waals surface area contributed by atoms with Crippen molar-refractivity contribution in [2.45, 2.75) is 25.1 Å². The zero-order valence-corrected chi connectivity index (χ0v) is 13.8. The van der Waals surface area contributed by atoms with Gasteiger partial charge in [0.2, 0.25) is 0 Å². The van der Waals surface area contributed by atoms with E-state index in [0.29, 0.717) is 12.1 Å². The van der Waals surface area contributed by atoms with E-state index in [1.165, 1.54) is 18.2 Å². The zero-order chi connectivity index (χ0) is 18.7. The van der Waals surface area contributed by atoms with Gasteiger partial charge in [-0.1, -0.05) is 5.92 Å². The van der Waals surface area contributed by atoms with Crippen molar-refractivity contribution in [3.8, 4) is 29.4 Å². The van der Waals surface area contributed by atoms with E-state index < -0.39 is 17.4 Å². The van der Waals surface area contributed by atoms with Gasteiger partial charge in [-0.15, -0.1) is 16.6 Å². The number of aromatic hydroxyl groups is 1. The van der Waals surface area contributed by atoms with Gasteiger partial charge in [-0.3, -0.25) is 0 Å². The van der Waals surface area contributed by atoms with Gasteiger partial charge in [-0.25, -0.2) is 0 Å². The maximum absolute atomic E-state index is 13.5. The molecule has 1 aromatic carbocycles. The molecule has 1 saturated heterocycles. The first-order valence-electron chi connectivity index (χ1n) is 8.10. The van der Waals surface area contributed by atoms with Crippen molar-refractivity contribution in [2.75, 3.05) is 18.4 Å². The number of aromatic nitrogens is 2. The molecule has 0 amide bonds. The summed E-state index contributed by atoms with van der Waals surface area (Å²) in [5, 5.41) is 23.8. The molecule has 2 heterocycles. The minimum absolute atomic E-state index is 0.00621. The molecular formula is C18H17F3N4O. The Morgan fingerprint density at radius 1 is 1.27 bits per heavy atom. The second kappa shape index (κ2) is 7.22. The number of nitrogens with zero attached hydrogens (tertiary/aromatic N) is 2. The number of nitrogens with one attached hydrogen (secondary N) is 2. The van der Waals surface area contributed by atoms with Crippen molar-refractivity contribution in [1.29, 1.82) is 0 Å². The summed E-state index contributed by atoms with van der Waals surface area (Å²) >= 11 is 0. The first-order valence-corrected chi connectivity index (χ1v) is 8.10. The Morgan fingerprint density at radius 3 is 2.69 bits per heavy atom. The van der Waals surface area contributed by atoms with Crippen LogP contribution in [0.25, 0.3) is 11.3 Å². The van der Waals surface area contributed by atoms with Crippen LogP contribution in [-0.2, 0) is 6.18 Å². The highest BCUT2D eigenvalue weighted by Gasteiger charge is 2.36. The Labute approximate surface area is 148 Å². The lowest BCUT2D eigenvalue weighted by atomic mass is 10.0. The van der Waals surface area contributed by atoms with Gasteiger partial charge in [0, 0.05) is 23.7 Å². The van der Waals surface area contributed by atoms with Crippen LogP contribution in [-0.4, -0.2) is 34.4 Å². The van der Waals surface area contributed by atoms with E-state index >= 15 is 0 Å². The van der Waals surface area contributed by atoms with Crippen molar-refractivity contribution in [2.24, 2.45) is 0 Å². The molecule has 1 aromatic heterocycles. The molecule has 1 unspecified atom stereocenters. The number of hydrogen-bond donors (Lipinski definition) is 3. The molecular weight excluding hydrogens is 345 g/mol. The van der Waals surface area contributed by atoms with E-state index in [4.69, 9.17) is 6.42 Å². The van der Waals surface area contributed by atoms with Crippen LogP contribution < -0.4 is 10.6 Å². The summed E-state index contributed by atoms with van der Waals surface area (Å²) < 4.78 is 40.6. The number of terminal acetylenes is 1. The molecule has 0 aliphatic carbocycles. The van der Waals surface area contributed by atoms with Crippen LogP contribution in [0, 0.1) is 12.3 Å². The predicted octanol–water partition coefficient (Wildman–Crippen LogP) is 3.01. The highest BCUT2D eigenvalue weighted by atomic mass is 19.4. The van der Waals surface area contributed by atoms with Gasteiger partial charge in [0.25, 0.3) is 0 Å². The number of phenolic OH excluding ortho intramolecular Hbond substituents is 1. The largest absolute Gasteiger partial charge is 0.507 e. The Hall–Kier alpha value is -2.79. The van der Waals surface area contributed by atoms with Gasteiger partial charge in [-0.05, 0) is 43.7 Å². The van der Waals surface area contributed by atoms with Gasteiger partial charge in [-0.2, -0.15) is 13.2 Å². The van der Waals surface area contributed by atoms with E-state index in [9.17, 15) is 18.3 Å². The molecule has 0 saturated carbocycles. The minimum Gasteiger partial charge on any atom is -0.507 e. The van der Waals surface area contributed by atoms with Gasteiger partial charge in [0.05, 0.1) is 5.56 Å². The average Bonchev–Trinajstić information content (AvgIpc) is 2.62. The Balaban J connectivity index is 1.99. The highest BCUT2D eigenvalue weighted by Crippen LogP contribution is 2.39. The SMILES string of the molecule is C#Cc1ccc(-c2nnc(NC3CCCNC3)cc2C(F)(F)F)c(O)c1. The lowest BCUT2D eigenvalue weighted by Gasteiger charge is -2.24. The monoisotopic (exact) mass is 362 g/mol. The molecule has 8 heteroatoms. The van der Waals surface area contributed by atoms with Gasteiger partial charge >= 0.3 is 6.18 Å². The lowest BCUT2D eigenvalue weighted by molar-refractivity contribution is -0.137. The lowest BCUT2D eigenvalue weighted by Crippen LogP contribution is -2.38. The average molecular weight is 362 g/mol. The summed E-state index contributed by atoms with van der Waals surface area (Å²) in [5.74, 6) is 1.98. The van der Waals surface area contributed by atoms with Crippen molar-refractivity contribution < 1.29 is 18.3 Å². The zero-order valence-electron chi connectivity index (χ0n) is 13.8. The fraction of sp³-hybridized carbons (Fsp3) is 0.333. The molecule has 1 aliphatic rings. The summed E-state index contributed by atoms with van der Waals surface area (Å²) in [5.41, 5.74) is -1.13. The number of phenols is 1. The maximum Gasteiger partial charge on any atom is 0.418 e. The molecule has 26 heavy (non-hydrogen) atoms. The number of halogens is 3. The van der Waals surface area contributed by atoms with Crippen LogP contribution >= 0.6 is 0 Å². The first-order chi connectivity index (χ1) is 12.4. The molecule has 1 fully saturated rings. The number of rotatable bonds is 3. The van der Waals surface area contributed by atoms with Crippen LogP contribution in [0.4, 0.5) is 19.0 Å². The van der Waals surface area contributed by atoms with Crippen molar-refractivity contribution >= 4 is 5.82 Å². The van der Waals surface area contributed by atoms with Crippen LogP contribution in [0.1, 0.15) is 24.0 Å². The standard InChI is InChI=1S/C18H17F3N4O/c1-2-11-5-6-13(15(26)8-11)17-14(18(19,20)21)9-16(24-25-17)23-12-4-3-7-22-10-12/h1,5-6,8-9,12,22,26H,3-4,7,10H2,(H,23,24). The Kier molecular flexibility index (Phi) is 5.00. The molecule has 1 atom stereocenters. The maximum atomic E-state index is 13.5. The summed E-state index contributed by atoms with van der Waals surface area (Å²) in [6.45, 7) is 1.54. The Morgan fingerprint density at radius 2 is 2.08 bits per heavy atom. The topological polar surface area (TPSA) is 70.1 Å². The summed E-state index contributed by atoms with van der Waals surface area (Å²) in [7, 11) is 0. The fourth-order valence-corrected chi connectivity index (χ4v) is 2.88. The van der Waals surface area contributed by atoms with Gasteiger partial charge in [0.1, 0.15) is 17.3 Å². The molecule has 0 radical (unpaired) electrons. The fourth-order valence-electron chi connectivity index (χ4n) is 2.88. The molecule has 136 valence electrons. The number of anilines is 1. The number of hydrogen-bond acceptors (Lipinski definition) is 5. The van der Waals surface area contributed by atoms with Crippen molar-refractivity contribution in [1.82, 2.24) is 15.5 Å². The van der Waals surface area contributed by atoms with Crippen LogP contribution in [0.5, 0.6) is 5.75 Å². The predicted molar refractivity (Wildman–Crippen MR) is 91.6 cm³/mol. The van der Waals surface area contributed by atoms with E-state index in [1.807, 2.05) is 0 Å². The summed E-state index contributed by atoms with van der Waals surface area (Å²) in [6.07, 6.45) is 2.36. The second-order valence-electron chi connectivity index (χ2n) is 6.05. The van der Waals surface area contributed by atoms with Gasteiger partial charge < -0.3 is 15.7 Å². The smallest absolute Gasteiger partial charge is 0.418 e. The quantitative estimate of drug-likeness (QED) is 0.733. The van der Waals surface area contributed by atoms with Crippen LogP contribution in [0.15, 0.2) is 24.3 Å². The molecule has 3 rings (SSSR count). The molecule has 5 nitrogen and oxygen atoms in total. The third-order valence-electron chi connectivity index (χ3n) is 4.17. The Bertz CT molecular complexity index is 839.